The lowest BCUT2D eigenvalue weighted by Gasteiger charge is -2.26. The molecule has 0 radical (unpaired) electrons. The van der Waals surface area contributed by atoms with E-state index in [1.807, 2.05) is 30.3 Å². The van der Waals surface area contributed by atoms with Crippen LogP contribution in [0.4, 0.5) is 9.59 Å². The van der Waals surface area contributed by atoms with Crippen molar-refractivity contribution >= 4 is 32.3 Å². The smallest absolute Gasteiger partial charge is 0.404 e. The summed E-state index contributed by atoms with van der Waals surface area (Å²) in [7, 11) is -7.15. The summed E-state index contributed by atoms with van der Waals surface area (Å²) in [6, 6.07) is 9.09. The van der Waals surface area contributed by atoms with Crippen molar-refractivity contribution in [3.05, 3.63) is 30.3 Å². The molecule has 122 valence electrons. The van der Waals surface area contributed by atoms with Crippen molar-refractivity contribution in [3.63, 3.8) is 0 Å². The van der Waals surface area contributed by atoms with Gasteiger partial charge in [-0.25, -0.2) is 9.59 Å². The minimum atomic E-state index is -4.38. The molecule has 0 amide bonds. The van der Waals surface area contributed by atoms with Gasteiger partial charge in [-0.15, -0.1) is 0 Å². The molecule has 8 heteroatoms. The van der Waals surface area contributed by atoms with Gasteiger partial charge in [0.2, 0.25) is 8.32 Å². The molecular weight excluding hydrogens is 323 g/mol. The predicted octanol–water partition coefficient (Wildman–Crippen LogP) is 3.71. The van der Waals surface area contributed by atoms with E-state index < -0.39 is 27.1 Å². The average Bonchev–Trinajstić information content (AvgIpc) is 2.48. The van der Waals surface area contributed by atoms with E-state index in [9.17, 15) is 14.2 Å². The fraction of sp³-hybridized carbons (Fsp3) is 0.429. The van der Waals surface area contributed by atoms with E-state index in [0.717, 1.165) is 5.19 Å². The van der Waals surface area contributed by atoms with Crippen molar-refractivity contribution in [2.45, 2.75) is 26.9 Å². The topological polar surface area (TPSA) is 78.9 Å². The Bertz CT molecular complexity index is 550. The first-order valence-corrected chi connectivity index (χ1v) is 11.5. The van der Waals surface area contributed by atoms with Crippen LogP contribution in [0, 0.1) is 0 Å². The lowest BCUT2D eigenvalue weighted by atomic mass is 10.4. The Hall–Kier alpha value is -1.43. The van der Waals surface area contributed by atoms with Crippen LogP contribution in [0.2, 0.25) is 13.1 Å². The first-order valence-electron chi connectivity index (χ1n) is 6.99. The molecule has 0 aliphatic carbocycles. The maximum atomic E-state index is 12.8. The van der Waals surface area contributed by atoms with Gasteiger partial charge >= 0.3 is 18.8 Å². The van der Waals surface area contributed by atoms with Crippen LogP contribution in [0.25, 0.3) is 0 Å². The number of rotatable bonds is 7. The molecule has 0 saturated carbocycles. The van der Waals surface area contributed by atoms with Crippen LogP contribution < -0.4 is 5.19 Å². The fourth-order valence-electron chi connectivity index (χ4n) is 1.78. The third-order valence-corrected chi connectivity index (χ3v) is 8.64. The molecule has 6 nitrogen and oxygen atoms in total. The molecule has 0 spiro atoms. The number of hydrogen-bond acceptors (Lipinski definition) is 6. The Morgan fingerprint density at radius 3 is 1.86 bits per heavy atom. The molecule has 0 heterocycles. The van der Waals surface area contributed by atoms with Crippen molar-refractivity contribution < 1.29 is 27.8 Å². The normalized spacial score (nSPS) is 11.8. The Morgan fingerprint density at radius 2 is 1.45 bits per heavy atom. The van der Waals surface area contributed by atoms with Gasteiger partial charge in [-0.1, -0.05) is 30.3 Å². The summed E-state index contributed by atoms with van der Waals surface area (Å²) in [4.78, 5) is 24.0. The van der Waals surface area contributed by atoms with E-state index in [2.05, 4.69) is 0 Å². The Labute approximate surface area is 131 Å². The molecule has 1 aromatic rings. The molecule has 1 aromatic carbocycles. The number of carbonyl (C=O) groups is 2. The van der Waals surface area contributed by atoms with Gasteiger partial charge in [-0.05, 0) is 32.1 Å². The van der Waals surface area contributed by atoms with Crippen LogP contribution in [0.15, 0.2) is 30.3 Å². The lowest BCUT2D eigenvalue weighted by Crippen LogP contribution is -2.45. The second-order valence-electron chi connectivity index (χ2n) is 4.92. The second kappa shape index (κ2) is 7.72. The highest BCUT2D eigenvalue weighted by Crippen LogP contribution is 2.53. The minimum Gasteiger partial charge on any atom is -0.458 e. The van der Waals surface area contributed by atoms with Gasteiger partial charge in [-0.2, -0.15) is 0 Å². The second-order valence-corrected chi connectivity index (χ2v) is 11.1. The molecule has 0 unspecified atom stereocenters. The molecule has 0 aromatic heterocycles. The maximum absolute atomic E-state index is 12.8. The van der Waals surface area contributed by atoms with Gasteiger partial charge in [0.15, 0.2) is 0 Å². The van der Waals surface area contributed by atoms with Crippen LogP contribution in [-0.4, -0.2) is 33.0 Å². The van der Waals surface area contributed by atoms with E-state index >= 15 is 0 Å². The average molecular weight is 344 g/mol. The van der Waals surface area contributed by atoms with Gasteiger partial charge < -0.3 is 13.7 Å². The van der Waals surface area contributed by atoms with Gasteiger partial charge in [0.1, 0.15) is 0 Å². The summed E-state index contributed by atoms with van der Waals surface area (Å²) in [5.74, 6) is 0. The fourth-order valence-corrected chi connectivity index (χ4v) is 7.11. The summed E-state index contributed by atoms with van der Waals surface area (Å²) in [6.45, 7) is 6.64. The largest absolute Gasteiger partial charge is 0.458 e. The highest BCUT2D eigenvalue weighted by Gasteiger charge is 2.50. The third kappa shape index (κ3) is 4.29. The molecule has 22 heavy (non-hydrogen) atoms. The Balaban J connectivity index is 3.15. The minimum absolute atomic E-state index is 0.00108. The zero-order chi connectivity index (χ0) is 16.8. The van der Waals surface area contributed by atoms with E-state index in [-0.39, 0.29) is 13.2 Å². The van der Waals surface area contributed by atoms with Crippen LogP contribution in [0.3, 0.4) is 0 Å². The standard InChI is InChI=1S/C14H21O6PSi/c1-5-18-13(15)21(17,14(16)19-6-2)20-22(3,4)12-10-8-7-9-11-12/h7-11H,5-6H2,1-4H3. The Morgan fingerprint density at radius 1 is 1.00 bits per heavy atom. The molecule has 0 atom stereocenters. The van der Waals surface area contributed by atoms with Crippen molar-refractivity contribution in [2.75, 3.05) is 13.2 Å². The summed E-state index contributed by atoms with van der Waals surface area (Å²) in [6.07, 6.45) is 0. The molecule has 0 fully saturated rings. The number of hydrogen-bond donors (Lipinski definition) is 0. The number of ether oxygens (including phenoxy) is 2. The summed E-state index contributed by atoms with van der Waals surface area (Å²) >= 11 is 0. The van der Waals surface area contributed by atoms with Gasteiger partial charge in [0.25, 0.3) is 0 Å². The van der Waals surface area contributed by atoms with Crippen LogP contribution in [-0.2, 0) is 18.3 Å². The monoisotopic (exact) mass is 344 g/mol. The summed E-state index contributed by atoms with van der Waals surface area (Å²) in [5.41, 5.74) is -2.32. The van der Waals surface area contributed by atoms with Crippen molar-refractivity contribution in [3.8, 4) is 0 Å². The van der Waals surface area contributed by atoms with Crippen molar-refractivity contribution in [1.29, 1.82) is 0 Å². The van der Waals surface area contributed by atoms with E-state index in [1.165, 1.54) is 0 Å². The van der Waals surface area contributed by atoms with Crippen LogP contribution in [0.1, 0.15) is 13.8 Å². The molecule has 0 saturated heterocycles. The van der Waals surface area contributed by atoms with Gasteiger partial charge in [0, 0.05) is 0 Å². The zero-order valence-corrected chi connectivity index (χ0v) is 15.1. The van der Waals surface area contributed by atoms with E-state index in [0.29, 0.717) is 0 Å². The summed E-state index contributed by atoms with van der Waals surface area (Å²) < 4.78 is 27.9. The predicted molar refractivity (Wildman–Crippen MR) is 86.3 cm³/mol. The number of benzene rings is 1. The molecule has 0 aliphatic heterocycles. The highest BCUT2D eigenvalue weighted by molar-refractivity contribution is 7.90. The van der Waals surface area contributed by atoms with Crippen molar-refractivity contribution in [1.82, 2.24) is 0 Å². The maximum Gasteiger partial charge on any atom is 0.404 e. The van der Waals surface area contributed by atoms with E-state index in [4.69, 9.17) is 13.7 Å². The lowest BCUT2D eigenvalue weighted by molar-refractivity contribution is 0.164. The number of carbonyl (C=O) groups excluding carboxylic acids is 2. The molecule has 0 aliphatic rings. The van der Waals surface area contributed by atoms with E-state index in [1.54, 1.807) is 26.9 Å². The first kappa shape index (κ1) is 18.6. The van der Waals surface area contributed by atoms with Gasteiger partial charge in [-0.3, -0.25) is 4.57 Å². The first-order chi connectivity index (χ1) is 10.3. The zero-order valence-electron chi connectivity index (χ0n) is 13.2. The highest BCUT2D eigenvalue weighted by atomic mass is 31.2. The molecule has 0 N–H and O–H groups in total. The van der Waals surface area contributed by atoms with Crippen LogP contribution in [0.5, 0.6) is 0 Å². The van der Waals surface area contributed by atoms with Crippen molar-refractivity contribution in [2.24, 2.45) is 0 Å². The molecular formula is C14H21O6PSi. The summed E-state index contributed by atoms with van der Waals surface area (Å²) in [5, 5.41) is 0.809. The SMILES string of the molecule is CCOC(=O)P(=O)(O[Si](C)(C)c1ccccc1)C(=O)OCC. The quantitative estimate of drug-likeness (QED) is 0.554. The molecule has 1 rings (SSSR count). The molecule has 0 bridgehead atoms. The Kier molecular flexibility index (Phi) is 6.53. The van der Waals surface area contributed by atoms with Crippen LogP contribution >= 0.6 is 7.37 Å². The third-order valence-electron chi connectivity index (χ3n) is 2.84. The van der Waals surface area contributed by atoms with Gasteiger partial charge in [0.05, 0.1) is 13.2 Å².